The molecule has 2 aromatic carbocycles. The number of sulfonamides is 1. The molecule has 0 unspecified atom stereocenters. The summed E-state index contributed by atoms with van der Waals surface area (Å²) in [6.45, 7) is 1.22. The predicted molar refractivity (Wildman–Crippen MR) is 94.7 cm³/mol. The fourth-order valence-corrected chi connectivity index (χ4v) is 3.37. The number of nitrogens with one attached hydrogen (secondary N) is 2. The largest absolute Gasteiger partial charge is 0.366 e. The molecule has 0 saturated heterocycles. The first-order chi connectivity index (χ1) is 12.5. The first-order valence-corrected chi connectivity index (χ1v) is 9.25. The number of anilines is 1. The van der Waals surface area contributed by atoms with Crippen LogP contribution in [0.2, 0.25) is 5.02 Å². The highest BCUT2D eigenvalue weighted by Gasteiger charge is 2.23. The number of halogens is 3. The summed E-state index contributed by atoms with van der Waals surface area (Å²) in [4.78, 5) is 23.1. The molecule has 0 aliphatic carbocycles. The second-order valence-corrected chi connectivity index (χ2v) is 7.61. The summed E-state index contributed by atoms with van der Waals surface area (Å²) in [6.07, 6.45) is 0. The molecular weight excluding hydrogens is 404 g/mol. The monoisotopic (exact) mass is 417 g/mol. The maximum Gasteiger partial charge on any atom is 0.251 e. The maximum absolute atomic E-state index is 13.8. The molecule has 0 heterocycles. The summed E-state index contributed by atoms with van der Waals surface area (Å²) in [6, 6.07) is 5.01. The zero-order valence-electron chi connectivity index (χ0n) is 13.8. The van der Waals surface area contributed by atoms with Crippen LogP contribution in [0.5, 0.6) is 0 Å². The van der Waals surface area contributed by atoms with Gasteiger partial charge in [0.1, 0.15) is 11.6 Å². The molecule has 0 fully saturated rings. The van der Waals surface area contributed by atoms with Gasteiger partial charge in [0.25, 0.3) is 5.91 Å². The summed E-state index contributed by atoms with van der Waals surface area (Å²) in [7, 11) is -4.05. The van der Waals surface area contributed by atoms with Crippen molar-refractivity contribution in [3.63, 3.8) is 0 Å². The third-order valence-electron chi connectivity index (χ3n) is 3.43. The Bertz CT molecular complexity index is 997. The number of hydrogen-bond donors (Lipinski definition) is 3. The van der Waals surface area contributed by atoms with Gasteiger partial charge in [0, 0.05) is 11.1 Å². The van der Waals surface area contributed by atoms with Gasteiger partial charge in [-0.05, 0) is 37.3 Å². The molecule has 0 aliphatic rings. The van der Waals surface area contributed by atoms with Crippen molar-refractivity contribution in [2.75, 3.05) is 5.32 Å². The van der Waals surface area contributed by atoms with E-state index < -0.39 is 50.8 Å². The van der Waals surface area contributed by atoms with Crippen LogP contribution in [0, 0.1) is 11.6 Å². The minimum Gasteiger partial charge on any atom is -0.366 e. The van der Waals surface area contributed by atoms with Gasteiger partial charge in [0.15, 0.2) is 0 Å². The van der Waals surface area contributed by atoms with Gasteiger partial charge >= 0.3 is 0 Å². The van der Waals surface area contributed by atoms with Gasteiger partial charge < -0.3 is 11.1 Å². The van der Waals surface area contributed by atoms with E-state index in [4.69, 9.17) is 17.3 Å². The van der Waals surface area contributed by atoms with E-state index in [0.29, 0.717) is 11.1 Å². The molecule has 2 rings (SSSR count). The number of amides is 2. The first-order valence-electron chi connectivity index (χ1n) is 7.39. The van der Waals surface area contributed by atoms with Crippen molar-refractivity contribution in [3.8, 4) is 0 Å². The molecule has 1 atom stereocenters. The van der Waals surface area contributed by atoms with Crippen LogP contribution in [0.4, 0.5) is 14.5 Å². The number of rotatable bonds is 6. The Labute approximate surface area is 158 Å². The summed E-state index contributed by atoms with van der Waals surface area (Å²) in [5.41, 5.74) is 3.82. The third-order valence-corrected chi connectivity index (χ3v) is 5.24. The lowest BCUT2D eigenvalue weighted by Crippen LogP contribution is -2.41. The summed E-state index contributed by atoms with van der Waals surface area (Å²) >= 11 is 5.69. The Morgan fingerprint density at radius 3 is 2.26 bits per heavy atom. The highest BCUT2D eigenvalue weighted by atomic mass is 35.5. The molecule has 2 aromatic rings. The first kappa shape index (κ1) is 20.7. The van der Waals surface area contributed by atoms with E-state index in [0.717, 1.165) is 6.07 Å². The zero-order chi connectivity index (χ0) is 20.4. The van der Waals surface area contributed by atoms with Gasteiger partial charge in [-0.25, -0.2) is 17.2 Å². The lowest BCUT2D eigenvalue weighted by Gasteiger charge is -2.15. The third kappa shape index (κ3) is 5.00. The molecule has 0 radical (unpaired) electrons. The molecule has 0 aliphatic heterocycles. The molecule has 0 bridgehead atoms. The smallest absolute Gasteiger partial charge is 0.251 e. The van der Waals surface area contributed by atoms with Crippen molar-refractivity contribution in [2.24, 2.45) is 5.73 Å². The average Bonchev–Trinajstić information content (AvgIpc) is 2.56. The normalized spacial score (nSPS) is 12.4. The molecule has 0 saturated carbocycles. The Morgan fingerprint density at radius 1 is 1.11 bits per heavy atom. The Morgan fingerprint density at radius 2 is 1.70 bits per heavy atom. The topological polar surface area (TPSA) is 118 Å². The van der Waals surface area contributed by atoms with Crippen molar-refractivity contribution >= 4 is 39.1 Å². The summed E-state index contributed by atoms with van der Waals surface area (Å²) < 4.78 is 53.9. The number of carbonyl (C=O) groups excluding carboxylic acids is 2. The molecule has 4 N–H and O–H groups in total. The number of hydrogen-bond acceptors (Lipinski definition) is 4. The van der Waals surface area contributed by atoms with Crippen molar-refractivity contribution in [3.05, 3.63) is 58.6 Å². The minimum absolute atomic E-state index is 0.129. The SMILES string of the molecule is C[C@H](NS(=O)(=O)c1ccc(Cl)cc1)C(=O)Nc1cc(C(N)=O)c(F)cc1F. The molecule has 0 spiro atoms. The van der Waals surface area contributed by atoms with Crippen molar-refractivity contribution < 1.29 is 26.8 Å². The molecule has 144 valence electrons. The Kier molecular flexibility index (Phi) is 6.14. The Hall–Kier alpha value is -2.56. The Balaban J connectivity index is 2.17. The van der Waals surface area contributed by atoms with Gasteiger partial charge in [-0.3, -0.25) is 9.59 Å². The van der Waals surface area contributed by atoms with Gasteiger partial charge in [-0.2, -0.15) is 4.72 Å². The number of nitrogens with two attached hydrogens (primary N) is 1. The van der Waals surface area contributed by atoms with Crippen molar-refractivity contribution in [1.82, 2.24) is 4.72 Å². The van der Waals surface area contributed by atoms with E-state index >= 15 is 0 Å². The van der Waals surface area contributed by atoms with Crippen LogP contribution < -0.4 is 15.8 Å². The highest BCUT2D eigenvalue weighted by molar-refractivity contribution is 7.89. The second-order valence-electron chi connectivity index (χ2n) is 5.46. The number of benzene rings is 2. The van der Waals surface area contributed by atoms with E-state index in [1.54, 1.807) is 0 Å². The van der Waals surface area contributed by atoms with Crippen LogP contribution >= 0.6 is 11.6 Å². The van der Waals surface area contributed by atoms with Crippen LogP contribution in [-0.2, 0) is 14.8 Å². The van der Waals surface area contributed by atoms with Crippen LogP contribution in [0.25, 0.3) is 0 Å². The fourth-order valence-electron chi connectivity index (χ4n) is 2.04. The van der Waals surface area contributed by atoms with Crippen LogP contribution in [-0.4, -0.2) is 26.3 Å². The van der Waals surface area contributed by atoms with E-state index in [9.17, 15) is 26.8 Å². The molecule has 2 amide bonds. The van der Waals surface area contributed by atoms with Crippen LogP contribution in [0.1, 0.15) is 17.3 Å². The van der Waals surface area contributed by atoms with Gasteiger partial charge in [0.05, 0.1) is 22.2 Å². The maximum atomic E-state index is 13.8. The second kappa shape index (κ2) is 7.99. The number of primary amides is 1. The summed E-state index contributed by atoms with van der Waals surface area (Å²) in [5, 5.41) is 2.41. The number of carbonyl (C=O) groups is 2. The molecule has 27 heavy (non-hydrogen) atoms. The van der Waals surface area contributed by atoms with Crippen LogP contribution in [0.15, 0.2) is 41.3 Å². The van der Waals surface area contributed by atoms with E-state index in [1.807, 2.05) is 0 Å². The van der Waals surface area contributed by atoms with Crippen LogP contribution in [0.3, 0.4) is 0 Å². The highest BCUT2D eigenvalue weighted by Crippen LogP contribution is 2.20. The van der Waals surface area contributed by atoms with Gasteiger partial charge in [0.2, 0.25) is 15.9 Å². The zero-order valence-corrected chi connectivity index (χ0v) is 15.4. The average molecular weight is 418 g/mol. The van der Waals surface area contributed by atoms with Gasteiger partial charge in [-0.1, -0.05) is 11.6 Å². The van der Waals surface area contributed by atoms with E-state index in [2.05, 4.69) is 10.0 Å². The van der Waals surface area contributed by atoms with Crippen molar-refractivity contribution in [2.45, 2.75) is 17.9 Å². The van der Waals surface area contributed by atoms with Crippen molar-refractivity contribution in [1.29, 1.82) is 0 Å². The molecule has 7 nitrogen and oxygen atoms in total. The quantitative estimate of drug-likeness (QED) is 0.666. The van der Waals surface area contributed by atoms with E-state index in [1.165, 1.54) is 31.2 Å². The molecule has 0 aromatic heterocycles. The molecular formula is C16H14ClF2N3O4S. The lowest BCUT2D eigenvalue weighted by molar-refractivity contribution is -0.117. The summed E-state index contributed by atoms with van der Waals surface area (Å²) in [5.74, 6) is -4.43. The molecule has 11 heteroatoms. The fraction of sp³-hybridized carbons (Fsp3) is 0.125. The lowest BCUT2D eigenvalue weighted by atomic mass is 10.1. The predicted octanol–water partition coefficient (Wildman–Crippen LogP) is 2.02. The van der Waals surface area contributed by atoms with Gasteiger partial charge in [-0.15, -0.1) is 0 Å². The minimum atomic E-state index is -4.05. The standard InChI is InChI=1S/C16H14ClF2N3O4S/c1-8(22-27(25,26)10-4-2-9(17)3-5-10)16(24)21-14-6-11(15(20)23)12(18)7-13(14)19/h2-8,22H,1H3,(H2,20,23)(H,21,24)/t8-/m0/s1. The van der Waals surface area contributed by atoms with E-state index in [-0.39, 0.29) is 4.90 Å².